The molecule has 1 atom stereocenters. The maximum atomic E-state index is 12.3. The van der Waals surface area contributed by atoms with Gasteiger partial charge in [-0.2, -0.15) is 0 Å². The quantitative estimate of drug-likeness (QED) is 0.826. The molecule has 1 aromatic rings. The molecule has 2 fully saturated rings. The summed E-state index contributed by atoms with van der Waals surface area (Å²) in [6.07, 6.45) is 3.56. The lowest BCUT2D eigenvalue weighted by Gasteiger charge is -2.26. The minimum absolute atomic E-state index is 0.0125. The summed E-state index contributed by atoms with van der Waals surface area (Å²) in [4.78, 5) is 39.7. The molecule has 2 heterocycles. The van der Waals surface area contributed by atoms with Gasteiger partial charge < -0.3 is 19.9 Å². The fourth-order valence-corrected chi connectivity index (χ4v) is 3.51. The lowest BCUT2D eigenvalue weighted by molar-refractivity contribution is -0.134. The molecular formula is C20H27N3O4. The Morgan fingerprint density at radius 1 is 1.15 bits per heavy atom. The summed E-state index contributed by atoms with van der Waals surface area (Å²) in [5, 5.41) is 2.84. The van der Waals surface area contributed by atoms with Gasteiger partial charge in [-0.3, -0.25) is 14.4 Å². The van der Waals surface area contributed by atoms with Crippen molar-refractivity contribution < 1.29 is 19.1 Å². The molecule has 7 nitrogen and oxygen atoms in total. The van der Waals surface area contributed by atoms with Gasteiger partial charge in [0.05, 0.1) is 5.92 Å². The number of rotatable bonds is 6. The Bertz CT molecular complexity index is 683. The van der Waals surface area contributed by atoms with E-state index in [1.54, 1.807) is 29.2 Å². The zero-order chi connectivity index (χ0) is 19.2. The highest BCUT2D eigenvalue weighted by Crippen LogP contribution is 2.21. The first kappa shape index (κ1) is 19.2. The number of benzene rings is 1. The van der Waals surface area contributed by atoms with Crippen molar-refractivity contribution >= 4 is 23.4 Å². The average Bonchev–Trinajstić information content (AvgIpc) is 3.09. The Kier molecular flexibility index (Phi) is 6.32. The van der Waals surface area contributed by atoms with Crippen molar-refractivity contribution in [2.24, 2.45) is 5.92 Å². The Morgan fingerprint density at radius 3 is 2.48 bits per heavy atom. The summed E-state index contributed by atoms with van der Waals surface area (Å²) in [5.41, 5.74) is 0.650. The highest BCUT2D eigenvalue weighted by Gasteiger charge is 2.33. The maximum absolute atomic E-state index is 12.3. The summed E-state index contributed by atoms with van der Waals surface area (Å²) < 4.78 is 5.57. The summed E-state index contributed by atoms with van der Waals surface area (Å²) in [6.45, 7) is 4.67. The summed E-state index contributed by atoms with van der Waals surface area (Å²) in [6, 6.07) is 6.95. The number of anilines is 1. The van der Waals surface area contributed by atoms with Crippen molar-refractivity contribution in [1.29, 1.82) is 0 Å². The molecule has 2 aliphatic rings. The molecule has 2 aliphatic heterocycles. The van der Waals surface area contributed by atoms with E-state index >= 15 is 0 Å². The third kappa shape index (κ3) is 4.99. The maximum Gasteiger partial charge on any atom is 0.260 e. The van der Waals surface area contributed by atoms with E-state index in [0.29, 0.717) is 24.5 Å². The van der Waals surface area contributed by atoms with Gasteiger partial charge in [0.1, 0.15) is 5.75 Å². The second-order valence-electron chi connectivity index (χ2n) is 7.08. The van der Waals surface area contributed by atoms with Crippen molar-refractivity contribution in [3.05, 3.63) is 24.3 Å². The highest BCUT2D eigenvalue weighted by molar-refractivity contribution is 5.97. The molecule has 1 unspecified atom stereocenters. The first-order chi connectivity index (χ1) is 13.1. The lowest BCUT2D eigenvalue weighted by Crippen LogP contribution is -2.38. The molecule has 3 amide bonds. The first-order valence-electron chi connectivity index (χ1n) is 9.66. The van der Waals surface area contributed by atoms with Gasteiger partial charge in [-0.1, -0.05) is 0 Å². The molecule has 2 saturated heterocycles. The smallest absolute Gasteiger partial charge is 0.260 e. The Balaban J connectivity index is 1.46. The third-order valence-electron chi connectivity index (χ3n) is 5.16. The molecular weight excluding hydrogens is 346 g/mol. The van der Waals surface area contributed by atoms with Crippen LogP contribution in [-0.2, 0) is 14.4 Å². The number of piperidine rings is 1. The van der Waals surface area contributed by atoms with E-state index in [4.69, 9.17) is 4.74 Å². The van der Waals surface area contributed by atoms with Crippen LogP contribution in [0.1, 0.15) is 32.6 Å². The molecule has 0 aliphatic carbocycles. The molecule has 0 saturated carbocycles. The number of nitrogens with zero attached hydrogens (tertiary/aromatic N) is 2. The minimum atomic E-state index is -0.310. The Morgan fingerprint density at radius 2 is 1.85 bits per heavy atom. The van der Waals surface area contributed by atoms with Gasteiger partial charge in [0.25, 0.3) is 5.91 Å². The second kappa shape index (κ2) is 8.88. The number of amides is 3. The van der Waals surface area contributed by atoms with Crippen molar-refractivity contribution in [3.63, 3.8) is 0 Å². The van der Waals surface area contributed by atoms with E-state index in [9.17, 15) is 14.4 Å². The molecule has 0 bridgehead atoms. The van der Waals surface area contributed by atoms with Crippen LogP contribution in [0.3, 0.4) is 0 Å². The van der Waals surface area contributed by atoms with E-state index in [2.05, 4.69) is 5.32 Å². The zero-order valence-corrected chi connectivity index (χ0v) is 15.8. The monoisotopic (exact) mass is 373 g/mol. The van der Waals surface area contributed by atoms with Crippen LogP contribution in [0.15, 0.2) is 24.3 Å². The van der Waals surface area contributed by atoms with E-state index in [1.165, 1.54) is 6.42 Å². The number of hydrogen-bond acceptors (Lipinski definition) is 4. The number of likely N-dealkylation sites (tertiary alicyclic amines) is 2. The van der Waals surface area contributed by atoms with Gasteiger partial charge in [-0.15, -0.1) is 0 Å². The predicted molar refractivity (Wildman–Crippen MR) is 101 cm³/mol. The Hall–Kier alpha value is -2.57. The van der Waals surface area contributed by atoms with Gasteiger partial charge in [0, 0.05) is 38.3 Å². The van der Waals surface area contributed by atoms with Gasteiger partial charge >= 0.3 is 0 Å². The predicted octanol–water partition coefficient (Wildman–Crippen LogP) is 1.88. The van der Waals surface area contributed by atoms with Crippen LogP contribution in [-0.4, -0.2) is 60.3 Å². The molecule has 0 spiro atoms. The zero-order valence-electron chi connectivity index (χ0n) is 15.8. The van der Waals surface area contributed by atoms with Gasteiger partial charge in [-0.05, 0) is 50.5 Å². The number of carbonyl (C=O) groups is 3. The molecule has 146 valence electrons. The van der Waals surface area contributed by atoms with E-state index < -0.39 is 0 Å². The molecule has 27 heavy (non-hydrogen) atoms. The number of hydrogen-bond donors (Lipinski definition) is 1. The Labute approximate surface area is 159 Å². The first-order valence-corrected chi connectivity index (χ1v) is 9.66. The highest BCUT2D eigenvalue weighted by atomic mass is 16.5. The van der Waals surface area contributed by atoms with Crippen molar-refractivity contribution in [1.82, 2.24) is 9.80 Å². The molecule has 0 aromatic heterocycles. The van der Waals surface area contributed by atoms with Crippen LogP contribution >= 0.6 is 0 Å². The van der Waals surface area contributed by atoms with Gasteiger partial charge in [-0.25, -0.2) is 0 Å². The normalized spacial score (nSPS) is 19.9. The van der Waals surface area contributed by atoms with Crippen LogP contribution in [0.4, 0.5) is 5.69 Å². The molecule has 1 N–H and O–H groups in total. The van der Waals surface area contributed by atoms with Crippen LogP contribution < -0.4 is 10.1 Å². The van der Waals surface area contributed by atoms with Crippen LogP contribution in [0, 0.1) is 5.92 Å². The largest absolute Gasteiger partial charge is 0.484 e. The van der Waals surface area contributed by atoms with E-state index in [1.807, 2.05) is 11.8 Å². The van der Waals surface area contributed by atoms with Crippen molar-refractivity contribution in [2.75, 3.05) is 38.1 Å². The average molecular weight is 373 g/mol. The lowest BCUT2D eigenvalue weighted by atomic mass is 10.1. The SMILES string of the molecule is CCN1CC(C(=O)Nc2ccc(OCC(=O)N3CCCCC3)cc2)CC1=O. The fourth-order valence-electron chi connectivity index (χ4n) is 3.51. The molecule has 1 aromatic carbocycles. The van der Waals surface area contributed by atoms with Gasteiger partial charge in [0.2, 0.25) is 11.8 Å². The summed E-state index contributed by atoms with van der Waals surface area (Å²) >= 11 is 0. The standard InChI is InChI=1S/C20H27N3O4/c1-2-22-13-15(12-18(22)24)20(26)21-16-6-8-17(9-7-16)27-14-19(25)23-10-4-3-5-11-23/h6-9,15H,2-5,10-14H2,1H3,(H,21,26). The topological polar surface area (TPSA) is 79.0 Å². The van der Waals surface area contributed by atoms with E-state index in [0.717, 1.165) is 25.9 Å². The molecule has 7 heteroatoms. The van der Waals surface area contributed by atoms with E-state index in [-0.39, 0.29) is 36.7 Å². The number of nitrogens with one attached hydrogen (secondary N) is 1. The van der Waals surface area contributed by atoms with Crippen LogP contribution in [0.2, 0.25) is 0 Å². The second-order valence-corrected chi connectivity index (χ2v) is 7.08. The molecule has 3 rings (SSSR count). The minimum Gasteiger partial charge on any atom is -0.484 e. The third-order valence-corrected chi connectivity index (χ3v) is 5.16. The number of ether oxygens (including phenoxy) is 1. The van der Waals surface area contributed by atoms with Crippen LogP contribution in [0.25, 0.3) is 0 Å². The number of carbonyl (C=O) groups excluding carboxylic acids is 3. The van der Waals surface area contributed by atoms with Crippen LogP contribution in [0.5, 0.6) is 5.75 Å². The molecule has 0 radical (unpaired) electrons. The van der Waals surface area contributed by atoms with Gasteiger partial charge in [0.15, 0.2) is 6.61 Å². The van der Waals surface area contributed by atoms with Crippen molar-refractivity contribution in [2.45, 2.75) is 32.6 Å². The van der Waals surface area contributed by atoms with Crippen molar-refractivity contribution in [3.8, 4) is 5.75 Å². The summed E-state index contributed by atoms with van der Waals surface area (Å²) in [7, 11) is 0. The summed E-state index contributed by atoms with van der Waals surface area (Å²) in [5.74, 6) is 0.175. The fraction of sp³-hybridized carbons (Fsp3) is 0.550.